The van der Waals surface area contributed by atoms with E-state index in [1.807, 2.05) is 6.92 Å². The lowest BCUT2D eigenvalue weighted by atomic mass is 10.1. The zero-order chi connectivity index (χ0) is 11.8. The smallest absolute Gasteiger partial charge is 0.0593 e. The molecule has 0 saturated carbocycles. The molecule has 2 N–H and O–H groups in total. The third-order valence-electron chi connectivity index (χ3n) is 3.25. The minimum absolute atomic E-state index is 0.437. The van der Waals surface area contributed by atoms with Gasteiger partial charge >= 0.3 is 0 Å². The minimum Gasteiger partial charge on any atom is -0.380 e. The van der Waals surface area contributed by atoms with Crippen molar-refractivity contribution >= 4 is 0 Å². The van der Waals surface area contributed by atoms with Crippen LogP contribution in [0.15, 0.2) is 0 Å². The van der Waals surface area contributed by atoms with Crippen LogP contribution in [0.3, 0.4) is 0 Å². The lowest BCUT2D eigenvalue weighted by Gasteiger charge is -2.31. The summed E-state index contributed by atoms with van der Waals surface area (Å²) in [7, 11) is 2.16. The fourth-order valence-electron chi connectivity index (χ4n) is 1.97. The van der Waals surface area contributed by atoms with Gasteiger partial charge in [-0.3, -0.25) is 0 Å². The van der Waals surface area contributed by atoms with Gasteiger partial charge in [0.25, 0.3) is 0 Å². The second kappa shape index (κ2) is 8.01. The van der Waals surface area contributed by atoms with Gasteiger partial charge in [0.2, 0.25) is 0 Å². The third kappa shape index (κ3) is 5.80. The molecule has 1 aliphatic rings. The molecule has 0 amide bonds. The van der Waals surface area contributed by atoms with Gasteiger partial charge < -0.3 is 20.3 Å². The Morgan fingerprint density at radius 3 is 2.62 bits per heavy atom. The Labute approximate surface area is 99.7 Å². The average Bonchev–Trinajstić information content (AvgIpc) is 2.29. The normalized spacial score (nSPS) is 19.5. The van der Waals surface area contributed by atoms with E-state index in [1.165, 1.54) is 13.1 Å². The standard InChI is InChI=1S/C12H27N3O/c1-3-16-11-10-14(2)8-9-15-6-4-12(13)5-7-15/h12H,3-11,13H2,1-2H3. The highest BCUT2D eigenvalue weighted by molar-refractivity contribution is 4.74. The molecule has 0 aromatic heterocycles. The summed E-state index contributed by atoms with van der Waals surface area (Å²) >= 11 is 0. The van der Waals surface area contributed by atoms with Crippen LogP contribution in [0.5, 0.6) is 0 Å². The van der Waals surface area contributed by atoms with E-state index >= 15 is 0 Å². The minimum atomic E-state index is 0.437. The van der Waals surface area contributed by atoms with Crippen LogP contribution in [-0.2, 0) is 4.74 Å². The molecule has 1 heterocycles. The number of rotatable bonds is 7. The quantitative estimate of drug-likeness (QED) is 0.641. The van der Waals surface area contributed by atoms with Crippen molar-refractivity contribution in [2.24, 2.45) is 5.73 Å². The molecule has 16 heavy (non-hydrogen) atoms. The van der Waals surface area contributed by atoms with Gasteiger partial charge in [-0.2, -0.15) is 0 Å². The molecule has 0 atom stereocenters. The molecule has 0 aromatic rings. The van der Waals surface area contributed by atoms with Gasteiger partial charge in [-0.05, 0) is 39.9 Å². The number of nitrogens with two attached hydrogens (primary N) is 1. The van der Waals surface area contributed by atoms with Crippen molar-refractivity contribution in [3.05, 3.63) is 0 Å². The van der Waals surface area contributed by atoms with Crippen molar-refractivity contribution in [1.82, 2.24) is 9.80 Å². The largest absolute Gasteiger partial charge is 0.380 e. The molecule has 4 heteroatoms. The molecule has 1 rings (SSSR count). The molecule has 1 aliphatic heterocycles. The first kappa shape index (κ1) is 13.9. The molecule has 0 aromatic carbocycles. The molecule has 0 spiro atoms. The van der Waals surface area contributed by atoms with Gasteiger partial charge in [0.15, 0.2) is 0 Å². The number of nitrogens with zero attached hydrogens (tertiary/aromatic N) is 2. The zero-order valence-electron chi connectivity index (χ0n) is 10.8. The second-order valence-electron chi connectivity index (χ2n) is 4.68. The highest BCUT2D eigenvalue weighted by Crippen LogP contribution is 2.07. The first-order chi connectivity index (χ1) is 7.72. The van der Waals surface area contributed by atoms with E-state index in [9.17, 15) is 0 Å². The fraction of sp³-hybridized carbons (Fsp3) is 1.00. The van der Waals surface area contributed by atoms with Gasteiger partial charge in [0.1, 0.15) is 0 Å². The second-order valence-corrected chi connectivity index (χ2v) is 4.68. The highest BCUT2D eigenvalue weighted by Gasteiger charge is 2.15. The van der Waals surface area contributed by atoms with Crippen molar-refractivity contribution in [3.8, 4) is 0 Å². The van der Waals surface area contributed by atoms with Crippen molar-refractivity contribution in [2.45, 2.75) is 25.8 Å². The average molecular weight is 229 g/mol. The summed E-state index contributed by atoms with van der Waals surface area (Å²) in [6.45, 7) is 9.35. The highest BCUT2D eigenvalue weighted by atomic mass is 16.5. The van der Waals surface area contributed by atoms with Crippen LogP contribution >= 0.6 is 0 Å². The molecule has 0 unspecified atom stereocenters. The Bertz CT molecular complexity index is 170. The van der Waals surface area contributed by atoms with E-state index in [1.54, 1.807) is 0 Å². The summed E-state index contributed by atoms with van der Waals surface area (Å²) in [6, 6.07) is 0.437. The van der Waals surface area contributed by atoms with Gasteiger partial charge in [-0.1, -0.05) is 0 Å². The van der Waals surface area contributed by atoms with Crippen molar-refractivity contribution in [3.63, 3.8) is 0 Å². The van der Waals surface area contributed by atoms with Crippen LogP contribution in [0, 0.1) is 0 Å². The summed E-state index contributed by atoms with van der Waals surface area (Å²) in [4.78, 5) is 4.85. The Hall–Kier alpha value is -0.160. The first-order valence-corrected chi connectivity index (χ1v) is 6.46. The number of ether oxygens (including phenoxy) is 1. The Balaban J connectivity index is 2.00. The number of hydrogen-bond acceptors (Lipinski definition) is 4. The van der Waals surface area contributed by atoms with Crippen LogP contribution in [0.25, 0.3) is 0 Å². The predicted molar refractivity (Wildman–Crippen MR) is 67.6 cm³/mol. The molecule has 4 nitrogen and oxygen atoms in total. The van der Waals surface area contributed by atoms with Crippen molar-refractivity contribution in [1.29, 1.82) is 0 Å². The SMILES string of the molecule is CCOCCN(C)CCN1CCC(N)CC1. The maximum atomic E-state index is 5.88. The molecule has 1 saturated heterocycles. The molecule has 1 fully saturated rings. The molecule has 0 radical (unpaired) electrons. The van der Waals surface area contributed by atoms with Crippen LogP contribution in [0.2, 0.25) is 0 Å². The molecular formula is C12H27N3O. The van der Waals surface area contributed by atoms with E-state index < -0.39 is 0 Å². The summed E-state index contributed by atoms with van der Waals surface area (Å²) in [5.41, 5.74) is 5.88. The topological polar surface area (TPSA) is 41.7 Å². The fourth-order valence-corrected chi connectivity index (χ4v) is 1.97. The first-order valence-electron chi connectivity index (χ1n) is 6.46. The predicted octanol–water partition coefficient (Wildman–Crippen LogP) is 0.378. The maximum Gasteiger partial charge on any atom is 0.0593 e. The van der Waals surface area contributed by atoms with Gasteiger partial charge in [0.05, 0.1) is 6.61 Å². The summed E-state index contributed by atoms with van der Waals surface area (Å²) < 4.78 is 5.34. The Kier molecular flexibility index (Phi) is 6.96. The summed E-state index contributed by atoms with van der Waals surface area (Å²) in [5.74, 6) is 0. The lowest BCUT2D eigenvalue weighted by Crippen LogP contribution is -2.42. The molecular weight excluding hydrogens is 202 g/mol. The van der Waals surface area contributed by atoms with Gasteiger partial charge in [0, 0.05) is 32.3 Å². The number of piperidine rings is 1. The van der Waals surface area contributed by atoms with Crippen molar-refractivity contribution in [2.75, 3.05) is 53.0 Å². The maximum absolute atomic E-state index is 5.88. The van der Waals surface area contributed by atoms with E-state index in [-0.39, 0.29) is 0 Å². The third-order valence-corrected chi connectivity index (χ3v) is 3.25. The molecule has 0 aliphatic carbocycles. The van der Waals surface area contributed by atoms with Gasteiger partial charge in [-0.25, -0.2) is 0 Å². The van der Waals surface area contributed by atoms with Crippen LogP contribution < -0.4 is 5.73 Å². The molecule has 96 valence electrons. The van der Waals surface area contributed by atoms with Crippen LogP contribution in [0.1, 0.15) is 19.8 Å². The van der Waals surface area contributed by atoms with Crippen molar-refractivity contribution < 1.29 is 4.74 Å². The van der Waals surface area contributed by atoms with Crippen LogP contribution in [0.4, 0.5) is 0 Å². The Morgan fingerprint density at radius 1 is 1.31 bits per heavy atom. The lowest BCUT2D eigenvalue weighted by molar-refractivity contribution is 0.114. The van der Waals surface area contributed by atoms with Gasteiger partial charge in [-0.15, -0.1) is 0 Å². The van der Waals surface area contributed by atoms with Crippen LogP contribution in [-0.4, -0.2) is 68.8 Å². The summed E-state index contributed by atoms with van der Waals surface area (Å²) in [6.07, 6.45) is 2.31. The van der Waals surface area contributed by atoms with E-state index in [0.29, 0.717) is 6.04 Å². The monoisotopic (exact) mass is 229 g/mol. The number of likely N-dealkylation sites (tertiary alicyclic amines) is 1. The number of hydrogen-bond donors (Lipinski definition) is 1. The van der Waals surface area contributed by atoms with E-state index in [0.717, 1.165) is 45.7 Å². The van der Waals surface area contributed by atoms with E-state index in [4.69, 9.17) is 10.5 Å². The van der Waals surface area contributed by atoms with E-state index in [2.05, 4.69) is 16.8 Å². The molecule has 0 bridgehead atoms. The zero-order valence-corrected chi connectivity index (χ0v) is 10.8. The number of likely N-dealkylation sites (N-methyl/N-ethyl adjacent to an activating group) is 1. The Morgan fingerprint density at radius 2 is 2.00 bits per heavy atom. The summed E-state index contributed by atoms with van der Waals surface area (Å²) in [5, 5.41) is 0.